The predicted octanol–water partition coefficient (Wildman–Crippen LogP) is -0.0822. The van der Waals surface area contributed by atoms with Crippen molar-refractivity contribution < 1.29 is 44.0 Å². The van der Waals surface area contributed by atoms with E-state index in [1.54, 1.807) is 36.4 Å². The van der Waals surface area contributed by atoms with Gasteiger partial charge in [-0.3, -0.25) is 24.0 Å². The molecule has 0 radical (unpaired) electrons. The second-order valence-electron chi connectivity index (χ2n) is 9.49. The third kappa shape index (κ3) is 3.21. The van der Waals surface area contributed by atoms with Gasteiger partial charge in [-0.15, -0.1) is 0 Å². The van der Waals surface area contributed by atoms with Gasteiger partial charge in [0.25, 0.3) is 0 Å². The van der Waals surface area contributed by atoms with E-state index in [2.05, 4.69) is 0 Å². The van der Waals surface area contributed by atoms with Gasteiger partial charge in [-0.2, -0.15) is 0 Å². The average Bonchev–Trinajstić information content (AvgIpc) is 2.84. The van der Waals surface area contributed by atoms with E-state index in [1.165, 1.54) is 12.1 Å². The number of primary amides is 1. The third-order valence-corrected chi connectivity index (χ3v) is 7.69. The first kappa shape index (κ1) is 23.8. The summed E-state index contributed by atoms with van der Waals surface area (Å²) in [5.41, 5.74) is 2.38. The van der Waals surface area contributed by atoms with Gasteiger partial charge in [-0.25, -0.2) is 0 Å². The first-order valence-corrected chi connectivity index (χ1v) is 11.4. The number of benzene rings is 2. The quantitative estimate of drug-likeness (QED) is 0.423. The topological polar surface area (TPSA) is 181 Å². The summed E-state index contributed by atoms with van der Waals surface area (Å²) in [6.07, 6.45) is -2.32. The number of carbonyl (C=O) groups is 5. The van der Waals surface area contributed by atoms with Crippen molar-refractivity contribution >= 4 is 29.0 Å². The second kappa shape index (κ2) is 8.35. The number of hydrogen-bond acceptors (Lipinski definition) is 9. The fourth-order valence-electron chi connectivity index (χ4n) is 6.03. The average molecular weight is 493 g/mol. The van der Waals surface area contributed by atoms with Gasteiger partial charge in [-0.1, -0.05) is 30.3 Å². The van der Waals surface area contributed by atoms with Crippen LogP contribution < -0.4 is 10.5 Å². The van der Waals surface area contributed by atoms with Gasteiger partial charge < -0.3 is 25.8 Å². The zero-order chi connectivity index (χ0) is 25.9. The number of carbonyl (C=O) groups excluding carboxylic acids is 5. The number of aliphatic hydroxyl groups excluding tert-OH is 1. The molecule has 2 fully saturated rings. The van der Waals surface area contributed by atoms with Crippen LogP contribution in [0.4, 0.5) is 0 Å². The number of amides is 1. The van der Waals surface area contributed by atoms with Gasteiger partial charge in [0.1, 0.15) is 11.5 Å². The lowest BCUT2D eigenvalue weighted by molar-refractivity contribution is -0.189. The van der Waals surface area contributed by atoms with Crippen molar-refractivity contribution in [3.63, 3.8) is 0 Å². The molecule has 0 saturated heterocycles. The lowest BCUT2D eigenvalue weighted by Crippen LogP contribution is -2.72. The molecular weight excluding hydrogens is 470 g/mol. The molecule has 1 amide bonds. The molecule has 5 rings (SSSR count). The number of aliphatic hydroxyl groups is 2. The lowest BCUT2D eigenvalue weighted by Gasteiger charge is -2.53. The summed E-state index contributed by atoms with van der Waals surface area (Å²) in [7, 11) is 0. The van der Waals surface area contributed by atoms with Crippen LogP contribution in [0.1, 0.15) is 28.3 Å². The number of Topliss-reactive ketones (excluding diaryl/α,β-unsaturated/α-hetero) is 4. The summed E-state index contributed by atoms with van der Waals surface area (Å²) >= 11 is 0. The molecule has 2 aromatic carbocycles. The number of phenols is 1. The molecule has 186 valence electrons. The molecular formula is C26H23NO9. The minimum absolute atomic E-state index is 0.115. The molecule has 3 aliphatic carbocycles. The van der Waals surface area contributed by atoms with Gasteiger partial charge in [0.2, 0.25) is 5.91 Å². The Kier molecular flexibility index (Phi) is 5.53. The van der Waals surface area contributed by atoms with Crippen LogP contribution in [0.15, 0.2) is 48.5 Å². The summed E-state index contributed by atoms with van der Waals surface area (Å²) in [5.74, 6) is -13.1. The Morgan fingerprint density at radius 3 is 2.39 bits per heavy atom. The minimum atomic E-state index is -2.96. The Morgan fingerprint density at radius 1 is 1.03 bits per heavy atom. The predicted molar refractivity (Wildman–Crippen MR) is 121 cm³/mol. The number of phenolic OH excluding ortho intramolecular Hbond substituents is 1. The minimum Gasteiger partial charge on any atom is -0.507 e. The molecule has 0 heterocycles. The van der Waals surface area contributed by atoms with Crippen LogP contribution in [0.3, 0.4) is 0 Å². The smallest absolute Gasteiger partial charge is 0.235 e. The Bertz CT molecular complexity index is 1310. The van der Waals surface area contributed by atoms with Crippen molar-refractivity contribution in [2.45, 2.75) is 24.0 Å². The number of fused-ring (bicyclic) bond motifs is 3. The Morgan fingerprint density at radius 2 is 1.72 bits per heavy atom. The molecule has 0 spiro atoms. The van der Waals surface area contributed by atoms with Gasteiger partial charge in [0, 0.05) is 24.2 Å². The number of hydrogen-bond donors (Lipinski definition) is 4. The maximum Gasteiger partial charge on any atom is 0.235 e. The van der Waals surface area contributed by atoms with E-state index in [0.29, 0.717) is 11.3 Å². The van der Waals surface area contributed by atoms with Crippen LogP contribution >= 0.6 is 0 Å². The van der Waals surface area contributed by atoms with Crippen molar-refractivity contribution in [1.82, 2.24) is 0 Å². The summed E-state index contributed by atoms with van der Waals surface area (Å²) in [6.45, 7) is -0.115. The van der Waals surface area contributed by atoms with Crippen LogP contribution in [0.5, 0.6) is 11.5 Å². The maximum atomic E-state index is 13.7. The Labute approximate surface area is 204 Å². The number of aromatic hydroxyl groups is 1. The highest BCUT2D eigenvalue weighted by Crippen LogP contribution is 2.54. The highest BCUT2D eigenvalue weighted by atomic mass is 16.5. The van der Waals surface area contributed by atoms with E-state index in [-0.39, 0.29) is 12.2 Å². The normalized spacial score (nSPS) is 33.4. The zero-order valence-corrected chi connectivity index (χ0v) is 18.9. The number of ketones is 4. The summed E-state index contributed by atoms with van der Waals surface area (Å²) < 4.78 is 5.89. The van der Waals surface area contributed by atoms with E-state index in [0.717, 1.165) is 0 Å². The second-order valence-corrected chi connectivity index (χ2v) is 9.49. The summed E-state index contributed by atoms with van der Waals surface area (Å²) in [4.78, 5) is 64.7. The van der Waals surface area contributed by atoms with Crippen LogP contribution in [0, 0.1) is 23.7 Å². The maximum absolute atomic E-state index is 13.7. The Balaban J connectivity index is 1.63. The number of nitrogens with two attached hydrogens (primary N) is 1. The van der Waals surface area contributed by atoms with Gasteiger partial charge in [0.15, 0.2) is 34.7 Å². The molecule has 5 N–H and O–H groups in total. The van der Waals surface area contributed by atoms with Crippen molar-refractivity contribution in [3.05, 3.63) is 59.7 Å². The first-order valence-electron chi connectivity index (χ1n) is 11.4. The van der Waals surface area contributed by atoms with Gasteiger partial charge >= 0.3 is 0 Å². The number of rotatable bonds is 4. The molecule has 3 aliphatic rings. The molecule has 2 saturated carbocycles. The van der Waals surface area contributed by atoms with Crippen molar-refractivity contribution in [2.75, 3.05) is 6.61 Å². The third-order valence-electron chi connectivity index (χ3n) is 7.69. The molecule has 10 heteroatoms. The van der Waals surface area contributed by atoms with Crippen LogP contribution in [0.2, 0.25) is 0 Å². The van der Waals surface area contributed by atoms with Crippen molar-refractivity contribution in [1.29, 1.82) is 0 Å². The fraction of sp³-hybridized carbons (Fsp3) is 0.346. The van der Waals surface area contributed by atoms with Crippen LogP contribution in [-0.2, 0) is 19.2 Å². The molecule has 36 heavy (non-hydrogen) atoms. The highest BCUT2D eigenvalue weighted by molar-refractivity contribution is 6.31. The highest BCUT2D eigenvalue weighted by Gasteiger charge is 2.70. The van der Waals surface area contributed by atoms with E-state index in [1.807, 2.05) is 0 Å². The number of para-hydroxylation sites is 1. The molecule has 0 aromatic heterocycles. The van der Waals surface area contributed by atoms with E-state index < -0.39 is 82.5 Å². The van der Waals surface area contributed by atoms with Gasteiger partial charge in [0.05, 0.1) is 24.2 Å². The van der Waals surface area contributed by atoms with Crippen molar-refractivity contribution in [3.8, 4) is 11.5 Å². The SMILES string of the molecule is NC(=O)C1C(=O)C[C@@H]2[C@@H](O)[C@H]3C(C(=O)c4c(O)cccc4[C@@H]3COc3ccccc3)C(=O)[C@]2(O)C1=O. The zero-order valence-electron chi connectivity index (χ0n) is 18.9. The van der Waals surface area contributed by atoms with E-state index >= 15 is 0 Å². The fourth-order valence-corrected chi connectivity index (χ4v) is 6.03. The number of ether oxygens (including phenoxy) is 1. The van der Waals surface area contributed by atoms with Crippen molar-refractivity contribution in [2.24, 2.45) is 29.4 Å². The van der Waals surface area contributed by atoms with Gasteiger partial charge in [-0.05, 0) is 23.8 Å². The summed E-state index contributed by atoms with van der Waals surface area (Å²) in [6, 6.07) is 13.0. The Hall–Kier alpha value is -3.89. The van der Waals surface area contributed by atoms with E-state index in [4.69, 9.17) is 10.5 Å². The molecule has 7 atom stereocenters. The molecule has 10 nitrogen and oxygen atoms in total. The summed E-state index contributed by atoms with van der Waals surface area (Å²) in [5, 5.41) is 33.3. The standard InChI is InChI=1S/C26H23NO9/c27-25(34)19-16(29)9-14-21(30)18-13(10-36-11-5-2-1-3-6-11)12-7-4-8-15(28)17(12)22(31)20(18)24(33)26(14,35)23(19)32/h1-8,13-14,18-21,28,30,35H,9-10H2,(H2,27,34)/t13-,14+,18+,19?,20?,21+,26+/m0/s1. The lowest BCUT2D eigenvalue weighted by atomic mass is 9.50. The molecule has 0 aliphatic heterocycles. The molecule has 2 aromatic rings. The van der Waals surface area contributed by atoms with Crippen LogP contribution in [-0.4, -0.2) is 62.7 Å². The molecule has 0 bridgehead atoms. The van der Waals surface area contributed by atoms with E-state index in [9.17, 15) is 39.3 Å². The molecule has 2 unspecified atom stereocenters. The largest absolute Gasteiger partial charge is 0.507 e. The first-order chi connectivity index (χ1) is 17.1. The monoisotopic (exact) mass is 493 g/mol. The van der Waals surface area contributed by atoms with Crippen LogP contribution in [0.25, 0.3) is 0 Å².